The number of pyridine rings is 2. The average Bonchev–Trinajstić information content (AvgIpc) is 2.84. The summed E-state index contributed by atoms with van der Waals surface area (Å²) in [5.41, 5.74) is 6.36. The number of nitrogens with one attached hydrogen (secondary N) is 1. The fourth-order valence-corrected chi connectivity index (χ4v) is 2.42. The lowest BCUT2D eigenvalue weighted by molar-refractivity contribution is 0.659. The monoisotopic (exact) mass is 347 g/mol. The van der Waals surface area contributed by atoms with Gasteiger partial charge in [0.25, 0.3) is 0 Å². The normalized spacial score (nSPS) is 14.3. The molecule has 1 aliphatic rings. The Labute approximate surface area is 151 Å². The van der Waals surface area contributed by atoms with Crippen LogP contribution in [0, 0.1) is 0 Å². The molecular formula is C20H18FN5. The molecule has 1 aliphatic carbocycles. The van der Waals surface area contributed by atoms with Crippen LogP contribution in [0.25, 0.3) is 5.70 Å². The largest absolute Gasteiger partial charge is 0.264 e. The smallest absolute Gasteiger partial charge is 0.125 e. The maximum absolute atomic E-state index is 14.1. The van der Waals surface area contributed by atoms with E-state index in [2.05, 4.69) is 32.3 Å². The Bertz CT molecular complexity index is 883. The summed E-state index contributed by atoms with van der Waals surface area (Å²) in [6.07, 6.45) is 11.2. The highest BCUT2D eigenvalue weighted by Gasteiger charge is 2.06. The van der Waals surface area contributed by atoms with E-state index in [1.54, 1.807) is 24.7 Å². The molecule has 0 aliphatic heterocycles. The summed E-state index contributed by atoms with van der Waals surface area (Å²) in [5.74, 6) is -0.334. The van der Waals surface area contributed by atoms with Crippen molar-refractivity contribution >= 4 is 5.70 Å². The number of aromatic nitrogens is 2. The van der Waals surface area contributed by atoms with Gasteiger partial charge in [-0.3, -0.25) is 15.4 Å². The van der Waals surface area contributed by atoms with E-state index in [-0.39, 0.29) is 5.83 Å². The highest BCUT2D eigenvalue weighted by Crippen LogP contribution is 2.19. The molecule has 2 heterocycles. The van der Waals surface area contributed by atoms with Crippen LogP contribution in [0.1, 0.15) is 17.7 Å². The Balaban J connectivity index is 1.61. The third-order valence-electron chi connectivity index (χ3n) is 3.68. The van der Waals surface area contributed by atoms with Crippen LogP contribution in [-0.2, 0) is 6.42 Å². The van der Waals surface area contributed by atoms with Crippen LogP contribution in [0.4, 0.5) is 4.39 Å². The van der Waals surface area contributed by atoms with E-state index in [1.165, 1.54) is 12.2 Å². The molecule has 0 saturated carbocycles. The number of hydrogen-bond acceptors (Lipinski definition) is 4. The number of allylic oxidation sites excluding steroid dienone is 5. The Kier molecular flexibility index (Phi) is 5.77. The molecule has 5 nitrogen and oxygen atoms in total. The third-order valence-corrected chi connectivity index (χ3v) is 3.68. The first kappa shape index (κ1) is 17.4. The van der Waals surface area contributed by atoms with Crippen molar-refractivity contribution in [2.75, 3.05) is 0 Å². The first-order chi connectivity index (χ1) is 12.7. The molecule has 0 atom stereocenters. The molecule has 26 heavy (non-hydrogen) atoms. The fourth-order valence-electron chi connectivity index (χ4n) is 2.42. The molecule has 2 aromatic heterocycles. The summed E-state index contributed by atoms with van der Waals surface area (Å²) in [4.78, 5) is 8.22. The second-order valence-electron chi connectivity index (χ2n) is 5.69. The van der Waals surface area contributed by atoms with E-state index in [0.717, 1.165) is 11.1 Å². The third kappa shape index (κ3) is 5.04. The summed E-state index contributed by atoms with van der Waals surface area (Å²) in [6.45, 7) is 3.81. The summed E-state index contributed by atoms with van der Waals surface area (Å²) in [7, 11) is 0. The SMILES string of the molecule is C=C(N=NNC1=CC(F)=CC(Cc2cccnc2)=CC1)c1ccccn1. The maximum Gasteiger partial charge on any atom is 0.125 e. The van der Waals surface area contributed by atoms with E-state index in [4.69, 9.17) is 0 Å². The topological polar surface area (TPSA) is 62.5 Å². The zero-order valence-corrected chi connectivity index (χ0v) is 14.1. The zero-order valence-electron chi connectivity index (χ0n) is 14.1. The fraction of sp³-hybridized carbons (Fsp3) is 0.100. The van der Waals surface area contributed by atoms with Gasteiger partial charge < -0.3 is 0 Å². The Morgan fingerprint density at radius 2 is 2.12 bits per heavy atom. The van der Waals surface area contributed by atoms with Crippen molar-refractivity contribution in [3.8, 4) is 0 Å². The number of rotatable bonds is 6. The molecule has 0 spiro atoms. The Hall–Kier alpha value is -3.41. The van der Waals surface area contributed by atoms with Gasteiger partial charge >= 0.3 is 0 Å². The minimum Gasteiger partial charge on any atom is -0.264 e. The van der Waals surface area contributed by atoms with Crippen molar-refractivity contribution in [1.29, 1.82) is 0 Å². The van der Waals surface area contributed by atoms with Crippen LogP contribution in [0.3, 0.4) is 0 Å². The summed E-state index contributed by atoms with van der Waals surface area (Å²) in [6, 6.07) is 9.29. The van der Waals surface area contributed by atoms with Crippen LogP contribution in [0.5, 0.6) is 0 Å². The molecule has 6 heteroatoms. The van der Waals surface area contributed by atoms with Gasteiger partial charge in [0, 0.05) is 30.7 Å². The molecule has 0 amide bonds. The van der Waals surface area contributed by atoms with Gasteiger partial charge in [-0.1, -0.05) is 30.0 Å². The molecule has 0 aromatic carbocycles. The molecular weight excluding hydrogens is 329 g/mol. The predicted octanol–water partition coefficient (Wildman–Crippen LogP) is 4.71. The van der Waals surface area contributed by atoms with E-state index in [9.17, 15) is 4.39 Å². The number of nitrogens with zero attached hydrogens (tertiary/aromatic N) is 4. The van der Waals surface area contributed by atoms with Gasteiger partial charge in [0.05, 0.1) is 5.69 Å². The maximum atomic E-state index is 14.1. The van der Waals surface area contributed by atoms with Crippen molar-refractivity contribution < 1.29 is 4.39 Å². The van der Waals surface area contributed by atoms with Gasteiger partial charge in [-0.05, 0) is 47.9 Å². The average molecular weight is 347 g/mol. The highest BCUT2D eigenvalue weighted by molar-refractivity contribution is 5.57. The van der Waals surface area contributed by atoms with Crippen molar-refractivity contribution in [2.24, 2.45) is 10.3 Å². The zero-order chi connectivity index (χ0) is 18.2. The van der Waals surface area contributed by atoms with E-state index in [1.807, 2.05) is 30.3 Å². The molecule has 0 radical (unpaired) electrons. The lowest BCUT2D eigenvalue weighted by atomic mass is 10.1. The van der Waals surface area contributed by atoms with Gasteiger partial charge in [0.15, 0.2) is 0 Å². The van der Waals surface area contributed by atoms with Crippen LogP contribution >= 0.6 is 0 Å². The predicted molar refractivity (Wildman–Crippen MR) is 99.2 cm³/mol. The van der Waals surface area contributed by atoms with Crippen molar-refractivity contribution in [1.82, 2.24) is 15.4 Å². The number of halogens is 1. The van der Waals surface area contributed by atoms with Gasteiger partial charge in [-0.25, -0.2) is 4.39 Å². The lowest BCUT2D eigenvalue weighted by Gasteiger charge is -2.03. The van der Waals surface area contributed by atoms with Gasteiger partial charge in [-0.2, -0.15) is 0 Å². The van der Waals surface area contributed by atoms with E-state index in [0.29, 0.717) is 29.9 Å². The van der Waals surface area contributed by atoms with Crippen LogP contribution in [0.15, 0.2) is 101 Å². The van der Waals surface area contributed by atoms with Crippen molar-refractivity contribution in [3.05, 3.63) is 102 Å². The second-order valence-corrected chi connectivity index (χ2v) is 5.69. The van der Waals surface area contributed by atoms with Crippen LogP contribution < -0.4 is 5.43 Å². The minimum absolute atomic E-state index is 0.334. The number of hydrogen-bond donors (Lipinski definition) is 1. The molecule has 1 N–H and O–H groups in total. The first-order valence-corrected chi connectivity index (χ1v) is 8.13. The first-order valence-electron chi connectivity index (χ1n) is 8.13. The second kappa shape index (κ2) is 8.62. The highest BCUT2D eigenvalue weighted by atomic mass is 19.1. The van der Waals surface area contributed by atoms with Crippen LogP contribution in [0.2, 0.25) is 0 Å². The Morgan fingerprint density at radius 3 is 2.88 bits per heavy atom. The summed E-state index contributed by atoms with van der Waals surface area (Å²) < 4.78 is 14.1. The van der Waals surface area contributed by atoms with Gasteiger partial charge in [0.2, 0.25) is 0 Å². The molecule has 0 unspecified atom stereocenters. The Morgan fingerprint density at radius 1 is 1.19 bits per heavy atom. The molecule has 0 bridgehead atoms. The molecule has 0 saturated heterocycles. The molecule has 130 valence electrons. The lowest BCUT2D eigenvalue weighted by Crippen LogP contribution is -2.03. The van der Waals surface area contributed by atoms with Gasteiger partial charge in [-0.15, -0.1) is 5.11 Å². The summed E-state index contributed by atoms with van der Waals surface area (Å²) in [5, 5.41) is 7.87. The van der Waals surface area contributed by atoms with Crippen molar-refractivity contribution in [2.45, 2.75) is 12.8 Å². The quantitative estimate of drug-likeness (QED) is 0.608. The molecule has 0 fully saturated rings. The standard InChI is InChI=1S/C20H18FN5/c1-15(20-6-2-3-10-23-20)24-26-25-19-8-7-16(12-18(21)13-19)11-17-5-4-9-22-14-17/h2-7,9-10,12-14H,1,8,11H2,(H,24,25). The van der Waals surface area contributed by atoms with Crippen molar-refractivity contribution in [3.63, 3.8) is 0 Å². The minimum atomic E-state index is -0.334. The summed E-state index contributed by atoms with van der Waals surface area (Å²) >= 11 is 0. The van der Waals surface area contributed by atoms with Gasteiger partial charge in [0.1, 0.15) is 11.5 Å². The van der Waals surface area contributed by atoms with E-state index < -0.39 is 0 Å². The molecule has 2 aromatic rings. The van der Waals surface area contributed by atoms with E-state index >= 15 is 0 Å². The van der Waals surface area contributed by atoms with Crippen LogP contribution in [-0.4, -0.2) is 9.97 Å². The molecule has 3 rings (SSSR count).